The van der Waals surface area contributed by atoms with Crippen LogP contribution in [-0.4, -0.2) is 20.3 Å². The lowest BCUT2D eigenvalue weighted by molar-refractivity contribution is 0.279. The van der Waals surface area contributed by atoms with Crippen molar-refractivity contribution in [1.82, 2.24) is 9.97 Å². The van der Waals surface area contributed by atoms with Gasteiger partial charge in [0.05, 0.1) is 18.1 Å². The third kappa shape index (κ3) is 3.42. The third-order valence-corrected chi connectivity index (χ3v) is 4.48. The quantitative estimate of drug-likeness (QED) is 0.845. The molecule has 3 nitrogen and oxygen atoms in total. The Hall–Kier alpha value is -0.610. The Morgan fingerprint density at radius 3 is 2.88 bits per heavy atom. The van der Waals surface area contributed by atoms with Gasteiger partial charge in [0.15, 0.2) is 0 Å². The van der Waals surface area contributed by atoms with E-state index >= 15 is 0 Å². The van der Waals surface area contributed by atoms with E-state index in [1.807, 2.05) is 11.8 Å². The van der Waals surface area contributed by atoms with Gasteiger partial charge in [0.25, 0.3) is 0 Å². The number of thioether (sulfide) groups is 1. The van der Waals surface area contributed by atoms with Gasteiger partial charge >= 0.3 is 0 Å². The minimum atomic E-state index is 0.0601. The Labute approximate surface area is 107 Å². The van der Waals surface area contributed by atoms with Gasteiger partial charge in [-0.15, -0.1) is 0 Å². The molecule has 4 heteroatoms. The molecule has 0 spiro atoms. The summed E-state index contributed by atoms with van der Waals surface area (Å²) in [6, 6.07) is 0. The molecule has 1 unspecified atom stereocenters. The first kappa shape index (κ1) is 12.8. The van der Waals surface area contributed by atoms with E-state index < -0.39 is 0 Å². The molecule has 1 saturated carbocycles. The third-order valence-electron chi connectivity index (χ3n) is 3.15. The van der Waals surface area contributed by atoms with E-state index in [1.54, 1.807) is 6.20 Å². The van der Waals surface area contributed by atoms with Crippen molar-refractivity contribution in [2.45, 2.75) is 56.6 Å². The molecule has 17 heavy (non-hydrogen) atoms. The van der Waals surface area contributed by atoms with E-state index in [0.29, 0.717) is 11.2 Å². The maximum absolute atomic E-state index is 9.26. The predicted octanol–water partition coefficient (Wildman–Crippen LogP) is 2.88. The minimum absolute atomic E-state index is 0.0601. The van der Waals surface area contributed by atoms with Crippen molar-refractivity contribution in [2.75, 3.05) is 0 Å². The topological polar surface area (TPSA) is 46.0 Å². The minimum Gasteiger partial charge on any atom is -0.392 e. The summed E-state index contributed by atoms with van der Waals surface area (Å²) in [6.45, 7) is 4.49. The molecule has 0 aromatic carbocycles. The van der Waals surface area contributed by atoms with Gasteiger partial charge in [-0.05, 0) is 19.3 Å². The molecule has 0 amide bonds. The molecule has 1 heterocycles. The van der Waals surface area contributed by atoms with Crippen molar-refractivity contribution in [3.05, 3.63) is 23.3 Å². The molecule has 0 aliphatic heterocycles. The van der Waals surface area contributed by atoms with Crippen LogP contribution in [-0.2, 0) is 12.4 Å². The van der Waals surface area contributed by atoms with Gasteiger partial charge < -0.3 is 5.11 Å². The van der Waals surface area contributed by atoms with Crippen LogP contribution in [0, 0.1) is 0 Å². The van der Waals surface area contributed by atoms with E-state index in [4.69, 9.17) is 0 Å². The largest absolute Gasteiger partial charge is 0.392 e. The van der Waals surface area contributed by atoms with Crippen LogP contribution in [0.4, 0.5) is 0 Å². The van der Waals surface area contributed by atoms with Gasteiger partial charge in [0, 0.05) is 22.9 Å². The zero-order valence-corrected chi connectivity index (χ0v) is 11.3. The van der Waals surface area contributed by atoms with Gasteiger partial charge in [0.2, 0.25) is 0 Å². The molecule has 1 N–H and O–H groups in total. The maximum atomic E-state index is 9.26. The zero-order valence-electron chi connectivity index (χ0n) is 10.5. The summed E-state index contributed by atoms with van der Waals surface area (Å²) in [7, 11) is 0. The number of aliphatic hydroxyl groups is 1. The molecule has 1 fully saturated rings. The van der Waals surface area contributed by atoms with Crippen LogP contribution in [0.15, 0.2) is 6.20 Å². The monoisotopic (exact) mass is 252 g/mol. The second-order valence-electron chi connectivity index (χ2n) is 4.66. The molecule has 1 aliphatic rings. The van der Waals surface area contributed by atoms with Crippen molar-refractivity contribution in [2.24, 2.45) is 0 Å². The number of nitrogens with zero attached hydrogens (tertiary/aromatic N) is 2. The van der Waals surface area contributed by atoms with E-state index in [9.17, 15) is 5.11 Å². The van der Waals surface area contributed by atoms with E-state index in [0.717, 1.165) is 22.8 Å². The molecule has 0 radical (unpaired) electrons. The van der Waals surface area contributed by atoms with E-state index in [2.05, 4.69) is 23.8 Å². The highest BCUT2D eigenvalue weighted by atomic mass is 32.2. The number of aliphatic hydroxyl groups excluding tert-OH is 1. The highest BCUT2D eigenvalue weighted by Gasteiger charge is 2.28. The lowest BCUT2D eigenvalue weighted by Gasteiger charge is -2.09. The van der Waals surface area contributed by atoms with Crippen LogP contribution >= 0.6 is 11.8 Å². The van der Waals surface area contributed by atoms with E-state index in [-0.39, 0.29) is 6.61 Å². The van der Waals surface area contributed by atoms with Crippen LogP contribution in [0.3, 0.4) is 0 Å². The van der Waals surface area contributed by atoms with Crippen LogP contribution in [0.5, 0.6) is 0 Å². The molecular weight excluding hydrogens is 232 g/mol. The van der Waals surface area contributed by atoms with Gasteiger partial charge in [-0.25, -0.2) is 9.97 Å². The second-order valence-corrected chi connectivity index (χ2v) is 6.09. The molecule has 0 bridgehead atoms. The van der Waals surface area contributed by atoms with Crippen molar-refractivity contribution < 1.29 is 5.11 Å². The highest BCUT2D eigenvalue weighted by Crippen LogP contribution is 2.40. The summed E-state index contributed by atoms with van der Waals surface area (Å²) in [5.41, 5.74) is 1.99. The Morgan fingerprint density at radius 1 is 1.53 bits per heavy atom. The fourth-order valence-corrected chi connectivity index (χ4v) is 2.50. The fourth-order valence-electron chi connectivity index (χ4n) is 1.69. The normalized spacial score (nSPS) is 17.1. The molecular formula is C13H20N2OS. The number of hydrogen-bond acceptors (Lipinski definition) is 4. The van der Waals surface area contributed by atoms with Crippen LogP contribution < -0.4 is 0 Å². The molecule has 0 saturated heterocycles. The summed E-state index contributed by atoms with van der Waals surface area (Å²) < 4.78 is 0. The van der Waals surface area contributed by atoms with Crippen molar-refractivity contribution >= 4 is 11.8 Å². The van der Waals surface area contributed by atoms with Crippen LogP contribution in [0.25, 0.3) is 0 Å². The Balaban J connectivity index is 2.05. The fraction of sp³-hybridized carbons (Fsp3) is 0.692. The molecule has 2 rings (SSSR count). The molecule has 94 valence electrons. The number of aromatic nitrogens is 2. The Bertz CT molecular complexity index is 380. The van der Waals surface area contributed by atoms with E-state index in [1.165, 1.54) is 19.3 Å². The van der Waals surface area contributed by atoms with Crippen LogP contribution in [0.1, 0.15) is 56.1 Å². The standard InChI is InChI=1S/C13H20N2OS/c1-3-9(2)17-8-12-14-6-11(7-16)13(15-12)10-4-5-10/h6,9-10,16H,3-5,7-8H2,1-2H3. The first-order chi connectivity index (χ1) is 8.24. The average molecular weight is 252 g/mol. The summed E-state index contributed by atoms with van der Waals surface area (Å²) in [5, 5.41) is 9.91. The zero-order chi connectivity index (χ0) is 12.3. The number of rotatable bonds is 6. The van der Waals surface area contributed by atoms with Gasteiger partial charge in [0.1, 0.15) is 5.82 Å². The van der Waals surface area contributed by atoms with Gasteiger partial charge in [-0.1, -0.05) is 13.8 Å². The average Bonchev–Trinajstić information content (AvgIpc) is 3.19. The maximum Gasteiger partial charge on any atom is 0.138 e. The summed E-state index contributed by atoms with van der Waals surface area (Å²) in [6.07, 6.45) is 5.39. The first-order valence-corrected chi connectivity index (χ1v) is 7.36. The molecule has 1 atom stereocenters. The van der Waals surface area contributed by atoms with Crippen molar-refractivity contribution in [1.29, 1.82) is 0 Å². The predicted molar refractivity (Wildman–Crippen MR) is 71.0 cm³/mol. The Morgan fingerprint density at radius 2 is 2.29 bits per heavy atom. The summed E-state index contributed by atoms with van der Waals surface area (Å²) in [4.78, 5) is 8.95. The molecule has 1 aromatic rings. The van der Waals surface area contributed by atoms with Gasteiger partial charge in [-0.2, -0.15) is 11.8 Å². The highest BCUT2D eigenvalue weighted by molar-refractivity contribution is 7.99. The second kappa shape index (κ2) is 5.83. The molecule has 1 aromatic heterocycles. The lowest BCUT2D eigenvalue weighted by Crippen LogP contribution is -2.04. The van der Waals surface area contributed by atoms with Gasteiger partial charge in [-0.3, -0.25) is 0 Å². The first-order valence-electron chi connectivity index (χ1n) is 6.31. The summed E-state index contributed by atoms with van der Waals surface area (Å²) >= 11 is 1.90. The smallest absolute Gasteiger partial charge is 0.138 e. The van der Waals surface area contributed by atoms with Crippen molar-refractivity contribution in [3.8, 4) is 0 Å². The molecule has 1 aliphatic carbocycles. The lowest BCUT2D eigenvalue weighted by atomic mass is 10.2. The van der Waals surface area contributed by atoms with Crippen LogP contribution in [0.2, 0.25) is 0 Å². The number of hydrogen-bond donors (Lipinski definition) is 1. The summed E-state index contributed by atoms with van der Waals surface area (Å²) in [5.74, 6) is 2.36. The van der Waals surface area contributed by atoms with Crippen molar-refractivity contribution in [3.63, 3.8) is 0 Å². The Kier molecular flexibility index (Phi) is 4.40. The SMILES string of the molecule is CCC(C)SCc1ncc(CO)c(C2CC2)n1.